The van der Waals surface area contributed by atoms with Gasteiger partial charge in [0, 0.05) is 24.9 Å². The second kappa shape index (κ2) is 13.7. The first-order valence-corrected chi connectivity index (χ1v) is 16.4. The summed E-state index contributed by atoms with van der Waals surface area (Å²) in [6.07, 6.45) is 1.15. The van der Waals surface area contributed by atoms with Crippen LogP contribution in [0.2, 0.25) is 0 Å². The Hall–Kier alpha value is -3.84. The van der Waals surface area contributed by atoms with Crippen molar-refractivity contribution in [1.82, 2.24) is 15.4 Å². The number of carbonyl (C=O) groups is 2. The fourth-order valence-corrected chi connectivity index (χ4v) is 6.82. The number of nitrogens with one attached hydrogen (secondary N) is 4. The average Bonchev–Trinajstić information content (AvgIpc) is 3.24. The molecule has 0 radical (unpaired) electrons. The van der Waals surface area contributed by atoms with E-state index >= 15 is 0 Å². The number of ether oxygens (including phenoxy) is 2. The van der Waals surface area contributed by atoms with Crippen molar-refractivity contribution in [3.63, 3.8) is 0 Å². The molecule has 2 atom stereocenters. The van der Waals surface area contributed by atoms with Gasteiger partial charge >= 0.3 is 5.97 Å². The van der Waals surface area contributed by atoms with Crippen LogP contribution in [0.3, 0.4) is 0 Å². The number of fused-ring (bicyclic) bond motifs is 1. The summed E-state index contributed by atoms with van der Waals surface area (Å²) in [5, 5.41) is 23.0. The fraction of sp³-hybridized carbons (Fsp3) is 0.531. The highest BCUT2D eigenvalue weighted by Gasteiger charge is 2.36. The molecule has 3 rings (SSSR count). The van der Waals surface area contributed by atoms with E-state index in [9.17, 15) is 23.1 Å². The molecule has 1 heterocycles. The largest absolute Gasteiger partial charge is 0.488 e. The second-order valence-corrected chi connectivity index (χ2v) is 14.8. The first-order chi connectivity index (χ1) is 20.7. The molecule has 0 saturated heterocycles. The molecular formula is C32H47N5O7S. The van der Waals surface area contributed by atoms with Crippen LogP contribution in [0.1, 0.15) is 75.3 Å². The molecule has 1 aliphatic rings. The molecule has 1 aliphatic heterocycles. The number of hydrogen-bond donors (Lipinski definition) is 6. The number of benzene rings is 2. The van der Waals surface area contributed by atoms with E-state index in [1.165, 1.54) is 0 Å². The quantitative estimate of drug-likeness (QED) is 0.114. The first-order valence-electron chi connectivity index (χ1n) is 14.9. The maximum absolute atomic E-state index is 13.3. The number of rotatable bonds is 12. The Bertz CT molecular complexity index is 1550. The lowest BCUT2D eigenvalue weighted by Gasteiger charge is -2.22. The van der Waals surface area contributed by atoms with Gasteiger partial charge in [0.25, 0.3) is 10.0 Å². The predicted octanol–water partition coefficient (Wildman–Crippen LogP) is 3.22. The zero-order valence-corrected chi connectivity index (χ0v) is 28.2. The molecule has 0 bridgehead atoms. The van der Waals surface area contributed by atoms with Crippen molar-refractivity contribution >= 4 is 27.9 Å². The van der Waals surface area contributed by atoms with E-state index < -0.39 is 45.5 Å². The summed E-state index contributed by atoms with van der Waals surface area (Å²) in [5.41, 5.74) is 8.69. The van der Waals surface area contributed by atoms with Gasteiger partial charge in [-0.2, -0.15) is 0 Å². The lowest BCUT2D eigenvalue weighted by molar-refractivity contribution is -0.142. The van der Waals surface area contributed by atoms with Crippen LogP contribution >= 0.6 is 0 Å². The highest BCUT2D eigenvalue weighted by atomic mass is 32.2. The number of carboxylic acid groups (broad SMARTS) is 1. The van der Waals surface area contributed by atoms with Crippen molar-refractivity contribution in [1.29, 1.82) is 5.41 Å². The Balaban J connectivity index is 1.50. The van der Waals surface area contributed by atoms with Crippen molar-refractivity contribution in [2.75, 3.05) is 6.54 Å². The Kier molecular flexibility index (Phi) is 10.8. The average molecular weight is 646 g/mol. The Morgan fingerprint density at radius 2 is 1.73 bits per heavy atom. The standard InChI is InChI=1S/C32H47N5O7S/c1-18-19(2)27(20(3)23-17-32(7,8)44-26(18)23)45(41,42)37-30(34)35-15-9-10-24(33)28(38)36-25(29(39)40)16-21-11-13-22(14-12-21)43-31(4,5)6/h11-14,24-25H,9-10,15-17,33H2,1-8H3,(H,36,38)(H,39,40)(H3,34,35,37)/t24-,25-/m0/s1. The molecule has 248 valence electrons. The van der Waals surface area contributed by atoms with E-state index in [-0.39, 0.29) is 29.9 Å². The molecule has 0 aromatic heterocycles. The summed E-state index contributed by atoms with van der Waals surface area (Å²) in [6.45, 7) is 15.2. The molecule has 7 N–H and O–H groups in total. The summed E-state index contributed by atoms with van der Waals surface area (Å²) >= 11 is 0. The Morgan fingerprint density at radius 1 is 1.11 bits per heavy atom. The van der Waals surface area contributed by atoms with Gasteiger partial charge in [0.05, 0.1) is 10.9 Å². The number of sulfonamides is 1. The summed E-state index contributed by atoms with van der Waals surface area (Å²) in [5.74, 6) is -0.838. The summed E-state index contributed by atoms with van der Waals surface area (Å²) in [6, 6.07) is 4.84. The zero-order valence-electron chi connectivity index (χ0n) is 27.4. The molecule has 2 aromatic carbocycles. The highest BCUT2D eigenvalue weighted by Crippen LogP contribution is 2.43. The minimum Gasteiger partial charge on any atom is -0.488 e. The van der Waals surface area contributed by atoms with Gasteiger partial charge in [0.1, 0.15) is 28.7 Å². The van der Waals surface area contributed by atoms with Gasteiger partial charge in [-0.15, -0.1) is 0 Å². The molecule has 12 nitrogen and oxygen atoms in total. The van der Waals surface area contributed by atoms with Crippen LogP contribution in [-0.4, -0.2) is 61.2 Å². The van der Waals surface area contributed by atoms with Crippen LogP contribution in [0.15, 0.2) is 29.2 Å². The van der Waals surface area contributed by atoms with Crippen LogP contribution in [0, 0.1) is 26.2 Å². The highest BCUT2D eigenvalue weighted by molar-refractivity contribution is 7.90. The number of carboxylic acids is 1. The smallest absolute Gasteiger partial charge is 0.326 e. The zero-order chi connectivity index (χ0) is 33.9. The van der Waals surface area contributed by atoms with E-state index in [2.05, 4.69) is 15.4 Å². The van der Waals surface area contributed by atoms with Crippen molar-refractivity contribution in [2.24, 2.45) is 5.73 Å². The van der Waals surface area contributed by atoms with Crippen LogP contribution < -0.4 is 30.6 Å². The van der Waals surface area contributed by atoms with Gasteiger partial charge in [-0.1, -0.05) is 12.1 Å². The van der Waals surface area contributed by atoms with E-state index in [0.717, 1.165) is 16.9 Å². The number of amides is 1. The van der Waals surface area contributed by atoms with Crippen molar-refractivity contribution < 1.29 is 32.6 Å². The molecule has 0 fully saturated rings. The third-order valence-electron chi connectivity index (χ3n) is 7.53. The second-order valence-electron chi connectivity index (χ2n) is 13.2. The minimum atomic E-state index is -4.07. The molecule has 0 saturated carbocycles. The van der Waals surface area contributed by atoms with E-state index in [0.29, 0.717) is 35.3 Å². The molecule has 1 amide bonds. The van der Waals surface area contributed by atoms with Gasteiger partial charge in [-0.25, -0.2) is 17.9 Å². The van der Waals surface area contributed by atoms with Crippen LogP contribution in [0.5, 0.6) is 11.5 Å². The van der Waals surface area contributed by atoms with Crippen molar-refractivity contribution in [2.45, 2.75) is 109 Å². The van der Waals surface area contributed by atoms with Crippen LogP contribution in [-0.2, 0) is 32.5 Å². The Labute approximate surface area is 266 Å². The third-order valence-corrected chi connectivity index (χ3v) is 9.15. The number of aliphatic carboxylic acids is 1. The maximum atomic E-state index is 13.3. The van der Waals surface area contributed by atoms with Gasteiger partial charge in [0.15, 0.2) is 0 Å². The van der Waals surface area contributed by atoms with Crippen LogP contribution in [0.4, 0.5) is 0 Å². The van der Waals surface area contributed by atoms with Gasteiger partial charge in [-0.3, -0.25) is 10.2 Å². The normalized spacial score (nSPS) is 15.3. The molecule has 0 unspecified atom stereocenters. The molecule has 45 heavy (non-hydrogen) atoms. The molecule has 13 heteroatoms. The Morgan fingerprint density at radius 3 is 2.31 bits per heavy atom. The summed E-state index contributed by atoms with van der Waals surface area (Å²) < 4.78 is 40.8. The summed E-state index contributed by atoms with van der Waals surface area (Å²) in [4.78, 5) is 24.6. The van der Waals surface area contributed by atoms with Crippen molar-refractivity contribution in [3.05, 3.63) is 52.1 Å². The maximum Gasteiger partial charge on any atom is 0.326 e. The van der Waals surface area contributed by atoms with Gasteiger partial charge in [0.2, 0.25) is 11.9 Å². The first kappa shape index (κ1) is 35.6. The lowest BCUT2D eigenvalue weighted by atomic mass is 9.94. The van der Waals surface area contributed by atoms with Gasteiger partial charge < -0.3 is 30.9 Å². The molecule has 0 spiro atoms. The fourth-order valence-electron chi connectivity index (χ4n) is 5.30. The lowest BCUT2D eigenvalue weighted by Crippen LogP contribution is -2.49. The third kappa shape index (κ3) is 9.33. The topological polar surface area (TPSA) is 193 Å². The summed E-state index contributed by atoms with van der Waals surface area (Å²) in [7, 11) is -4.07. The SMILES string of the molecule is Cc1c(C)c(S(=O)(=O)NC(=N)NCCC[C@H](N)C(=O)N[C@@H](Cc2ccc(OC(C)(C)C)cc2)C(=O)O)c(C)c2c1OC(C)(C)C2. The minimum absolute atomic E-state index is 0.0654. The molecular weight excluding hydrogens is 598 g/mol. The number of nitrogens with two attached hydrogens (primary N) is 1. The number of hydrogen-bond acceptors (Lipinski definition) is 8. The predicted molar refractivity (Wildman–Crippen MR) is 172 cm³/mol. The monoisotopic (exact) mass is 645 g/mol. The van der Waals surface area contributed by atoms with E-state index in [4.69, 9.17) is 20.6 Å². The van der Waals surface area contributed by atoms with E-state index in [1.807, 2.05) is 41.5 Å². The van der Waals surface area contributed by atoms with Crippen molar-refractivity contribution in [3.8, 4) is 11.5 Å². The van der Waals surface area contributed by atoms with Gasteiger partial charge in [-0.05, 0) is 103 Å². The van der Waals surface area contributed by atoms with E-state index in [1.54, 1.807) is 38.1 Å². The number of carbonyl (C=O) groups excluding carboxylic acids is 1. The number of guanidine groups is 1. The van der Waals surface area contributed by atoms with Crippen LogP contribution in [0.25, 0.3) is 0 Å². The molecule has 0 aliphatic carbocycles. The molecule has 2 aromatic rings.